The number of hydrogen-bond donors (Lipinski definition) is 2. The highest BCUT2D eigenvalue weighted by atomic mass is 32.1. The third-order valence-electron chi connectivity index (χ3n) is 4.26. The predicted octanol–water partition coefficient (Wildman–Crippen LogP) is 2.96. The van der Waals surface area contributed by atoms with Crippen LogP contribution in [0.5, 0.6) is 0 Å². The van der Waals surface area contributed by atoms with Gasteiger partial charge in [0.1, 0.15) is 11.9 Å². The fourth-order valence-electron chi connectivity index (χ4n) is 2.61. The van der Waals surface area contributed by atoms with E-state index in [1.54, 1.807) is 23.5 Å². The Labute approximate surface area is 150 Å². The van der Waals surface area contributed by atoms with E-state index in [4.69, 9.17) is 0 Å². The van der Waals surface area contributed by atoms with Gasteiger partial charge in [-0.3, -0.25) is 4.79 Å². The smallest absolute Gasteiger partial charge is 0.279 e. The predicted molar refractivity (Wildman–Crippen MR) is 99.6 cm³/mol. The Morgan fingerprint density at radius 1 is 1.32 bits per heavy atom. The Morgan fingerprint density at radius 3 is 2.80 bits per heavy atom. The summed E-state index contributed by atoms with van der Waals surface area (Å²) < 4.78 is 15.0. The van der Waals surface area contributed by atoms with Crippen LogP contribution >= 0.6 is 11.3 Å². The van der Waals surface area contributed by atoms with Gasteiger partial charge >= 0.3 is 0 Å². The zero-order chi connectivity index (χ0) is 18.0. The molecule has 1 aromatic heterocycles. The number of quaternary nitrogens is 1. The summed E-state index contributed by atoms with van der Waals surface area (Å²) in [6, 6.07) is 12.9. The molecule has 0 aliphatic carbocycles. The van der Waals surface area contributed by atoms with Crippen molar-refractivity contribution in [3.05, 3.63) is 58.9 Å². The zero-order valence-electron chi connectivity index (χ0n) is 14.5. The number of nitrogens with one attached hydrogen (secondary N) is 2. The number of anilines is 1. The third kappa shape index (κ3) is 4.03. The zero-order valence-corrected chi connectivity index (χ0v) is 15.3. The molecule has 3 rings (SSSR count). The van der Waals surface area contributed by atoms with Gasteiger partial charge in [0.15, 0.2) is 11.6 Å². The highest BCUT2D eigenvalue weighted by Crippen LogP contribution is 2.24. The number of para-hydroxylation sites is 1. The number of carbonyl (C=O) groups excluding carboxylic acids is 1. The lowest BCUT2D eigenvalue weighted by molar-refractivity contribution is -0.902. The van der Waals surface area contributed by atoms with Gasteiger partial charge in [-0.1, -0.05) is 18.2 Å². The molecule has 0 bridgehead atoms. The standard InChI is InChI=1S/C19H20FN3OS/c1-12-8-9-15(14(20)10-12)21-18(24)11-23(3)13(2)19-22-16-6-4-5-7-17(16)25-19/h4-10,13H,11H2,1-3H3,(H,21,24)/p+1/t13-/m1/s1. The molecule has 2 atom stereocenters. The Balaban J connectivity index is 1.66. The molecule has 4 nitrogen and oxygen atoms in total. The van der Waals surface area contributed by atoms with Crippen LogP contribution < -0.4 is 10.2 Å². The lowest BCUT2D eigenvalue weighted by Crippen LogP contribution is -3.10. The molecule has 3 aromatic rings. The van der Waals surface area contributed by atoms with Crippen LogP contribution in [0.4, 0.5) is 10.1 Å². The molecular weight excluding hydrogens is 337 g/mol. The van der Waals surface area contributed by atoms with Crippen LogP contribution in [-0.2, 0) is 4.79 Å². The minimum Gasteiger partial charge on any atom is -0.322 e. The van der Waals surface area contributed by atoms with Crippen molar-refractivity contribution in [3.8, 4) is 0 Å². The second kappa shape index (κ2) is 7.29. The molecule has 130 valence electrons. The number of nitrogens with zero attached hydrogens (tertiary/aromatic N) is 1. The van der Waals surface area contributed by atoms with Crippen molar-refractivity contribution in [1.29, 1.82) is 0 Å². The third-order valence-corrected chi connectivity index (χ3v) is 5.48. The van der Waals surface area contributed by atoms with Crippen molar-refractivity contribution >= 4 is 33.1 Å². The summed E-state index contributed by atoms with van der Waals surface area (Å²) in [6.07, 6.45) is 0. The molecule has 0 spiro atoms. The number of fused-ring (bicyclic) bond motifs is 1. The second-order valence-electron chi connectivity index (χ2n) is 6.30. The average Bonchev–Trinajstić information content (AvgIpc) is 3.00. The SMILES string of the molecule is Cc1ccc(NC(=O)C[NH+](C)[C@H](C)c2nc3ccccc3s2)c(F)c1. The van der Waals surface area contributed by atoms with E-state index in [-0.39, 0.29) is 24.2 Å². The first-order valence-corrected chi connectivity index (χ1v) is 8.99. The summed E-state index contributed by atoms with van der Waals surface area (Å²) in [7, 11) is 1.95. The van der Waals surface area contributed by atoms with Crippen LogP contribution in [-0.4, -0.2) is 24.5 Å². The summed E-state index contributed by atoms with van der Waals surface area (Å²) in [5.41, 5.74) is 2.02. The van der Waals surface area contributed by atoms with Gasteiger partial charge in [0.25, 0.3) is 5.91 Å². The van der Waals surface area contributed by atoms with E-state index in [1.165, 1.54) is 6.07 Å². The number of benzene rings is 2. The minimum atomic E-state index is -0.412. The number of hydrogen-bond acceptors (Lipinski definition) is 3. The lowest BCUT2D eigenvalue weighted by Gasteiger charge is -2.19. The molecule has 2 aromatic carbocycles. The van der Waals surface area contributed by atoms with E-state index in [2.05, 4.69) is 10.3 Å². The molecule has 0 saturated carbocycles. The molecule has 0 saturated heterocycles. The van der Waals surface area contributed by atoms with Crippen LogP contribution in [0.3, 0.4) is 0 Å². The van der Waals surface area contributed by atoms with Crippen molar-refractivity contribution in [3.63, 3.8) is 0 Å². The molecule has 0 radical (unpaired) electrons. The number of aryl methyl sites for hydroxylation is 1. The summed E-state index contributed by atoms with van der Waals surface area (Å²) in [6.45, 7) is 4.10. The van der Waals surface area contributed by atoms with Gasteiger partial charge in [0.05, 0.1) is 23.0 Å². The largest absolute Gasteiger partial charge is 0.322 e. The highest BCUT2D eigenvalue weighted by molar-refractivity contribution is 7.18. The number of amides is 1. The Kier molecular flexibility index (Phi) is 5.11. The van der Waals surface area contributed by atoms with Gasteiger partial charge < -0.3 is 10.2 Å². The van der Waals surface area contributed by atoms with Gasteiger partial charge in [0, 0.05) is 0 Å². The molecule has 1 amide bonds. The normalized spacial score (nSPS) is 13.6. The molecule has 0 aliphatic rings. The van der Waals surface area contributed by atoms with E-state index >= 15 is 0 Å². The van der Waals surface area contributed by atoms with Crippen LogP contribution in [0.15, 0.2) is 42.5 Å². The van der Waals surface area contributed by atoms with E-state index in [0.717, 1.165) is 25.7 Å². The molecule has 1 unspecified atom stereocenters. The molecule has 0 aliphatic heterocycles. The van der Waals surface area contributed by atoms with Crippen molar-refractivity contribution in [2.45, 2.75) is 19.9 Å². The van der Waals surface area contributed by atoms with Crippen molar-refractivity contribution in [2.24, 2.45) is 0 Å². The van der Waals surface area contributed by atoms with Gasteiger partial charge in [-0.15, -0.1) is 11.3 Å². The van der Waals surface area contributed by atoms with E-state index in [9.17, 15) is 9.18 Å². The number of rotatable bonds is 5. The summed E-state index contributed by atoms with van der Waals surface area (Å²) in [5.74, 6) is -0.626. The number of likely N-dealkylation sites (N-methyl/N-ethyl adjacent to an activating group) is 1. The van der Waals surface area contributed by atoms with E-state index in [0.29, 0.717) is 0 Å². The Hall–Kier alpha value is -2.31. The van der Waals surface area contributed by atoms with Gasteiger partial charge in [-0.2, -0.15) is 0 Å². The van der Waals surface area contributed by atoms with Gasteiger partial charge in [-0.25, -0.2) is 9.37 Å². The van der Waals surface area contributed by atoms with Crippen molar-refractivity contribution in [2.75, 3.05) is 18.9 Å². The van der Waals surface area contributed by atoms with Crippen molar-refractivity contribution < 1.29 is 14.1 Å². The van der Waals surface area contributed by atoms with Crippen LogP contribution in [0.25, 0.3) is 10.2 Å². The Morgan fingerprint density at radius 2 is 2.08 bits per heavy atom. The second-order valence-corrected chi connectivity index (χ2v) is 7.36. The lowest BCUT2D eigenvalue weighted by atomic mass is 10.2. The van der Waals surface area contributed by atoms with Crippen molar-refractivity contribution in [1.82, 2.24) is 4.98 Å². The number of aromatic nitrogens is 1. The maximum atomic E-state index is 13.9. The molecule has 0 fully saturated rings. The van der Waals surface area contributed by atoms with Crippen LogP contribution in [0, 0.1) is 12.7 Å². The number of carbonyl (C=O) groups is 1. The number of thiazole rings is 1. The minimum absolute atomic E-state index is 0.0750. The summed E-state index contributed by atoms with van der Waals surface area (Å²) in [5, 5.41) is 3.64. The fourth-order valence-corrected chi connectivity index (χ4v) is 3.72. The van der Waals surface area contributed by atoms with Gasteiger partial charge in [-0.05, 0) is 43.7 Å². The molecule has 1 heterocycles. The van der Waals surface area contributed by atoms with Gasteiger partial charge in [0.2, 0.25) is 0 Å². The first-order chi connectivity index (χ1) is 11.9. The first-order valence-electron chi connectivity index (χ1n) is 8.18. The quantitative estimate of drug-likeness (QED) is 0.737. The van der Waals surface area contributed by atoms with E-state index < -0.39 is 5.82 Å². The summed E-state index contributed by atoms with van der Waals surface area (Å²) >= 11 is 1.65. The van der Waals surface area contributed by atoms with Crippen LogP contribution in [0.2, 0.25) is 0 Å². The maximum absolute atomic E-state index is 13.9. The average molecular weight is 358 g/mol. The maximum Gasteiger partial charge on any atom is 0.279 e. The first kappa shape index (κ1) is 17.5. The molecule has 2 N–H and O–H groups in total. The molecule has 6 heteroatoms. The Bertz CT molecular complexity index is 876. The summed E-state index contributed by atoms with van der Waals surface area (Å²) in [4.78, 5) is 17.9. The monoisotopic (exact) mass is 358 g/mol. The number of halogens is 1. The van der Waals surface area contributed by atoms with Crippen LogP contribution in [0.1, 0.15) is 23.5 Å². The topological polar surface area (TPSA) is 46.4 Å². The highest BCUT2D eigenvalue weighted by Gasteiger charge is 2.22. The molecule has 25 heavy (non-hydrogen) atoms. The fraction of sp³-hybridized carbons (Fsp3) is 0.263. The van der Waals surface area contributed by atoms with E-state index in [1.807, 2.05) is 45.2 Å². The molecular formula is C19H21FN3OS+.